The number of carbonyl (C=O) groups is 2. The number of hydrogen-bond acceptors (Lipinski definition) is 3. The fourth-order valence-corrected chi connectivity index (χ4v) is 2.84. The minimum atomic E-state index is -1.37. The van der Waals surface area contributed by atoms with E-state index in [4.69, 9.17) is 0 Å². The molecular weight excluding hydrogens is 268 g/mol. The number of aliphatic carboxylic acids is 1. The van der Waals surface area contributed by atoms with Crippen LogP contribution in [0.5, 0.6) is 0 Å². The van der Waals surface area contributed by atoms with E-state index in [1.165, 1.54) is 0 Å². The normalized spacial score (nSPS) is 21.6. The highest BCUT2D eigenvalue weighted by Crippen LogP contribution is 2.42. The molecule has 0 fully saturated rings. The number of carboxylic acid groups (broad SMARTS) is 1. The number of Topliss-reactive ketones (excluding diaryl/α,β-unsaturated/α-hetero) is 1. The van der Waals surface area contributed by atoms with Crippen molar-refractivity contribution in [3.63, 3.8) is 0 Å². The molecule has 0 saturated heterocycles. The summed E-state index contributed by atoms with van der Waals surface area (Å²) >= 11 is 0. The average molecular weight is 288 g/mol. The number of carboxylic acids is 1. The molecule has 0 bridgehead atoms. The largest absolute Gasteiger partial charge is 0.506 e. The molecule has 1 aromatic carbocycles. The summed E-state index contributed by atoms with van der Waals surface area (Å²) < 4.78 is 0. The minimum absolute atomic E-state index is 0.412. The lowest BCUT2D eigenvalue weighted by Crippen LogP contribution is -2.40. The highest BCUT2D eigenvalue weighted by Gasteiger charge is 2.45. The zero-order valence-corrected chi connectivity index (χ0v) is 12.5. The quantitative estimate of drug-likeness (QED) is 0.833. The van der Waals surface area contributed by atoms with Gasteiger partial charge in [0.25, 0.3) is 0 Å². The molecule has 0 amide bonds. The van der Waals surface area contributed by atoms with Crippen molar-refractivity contribution >= 4 is 17.5 Å². The zero-order chi connectivity index (χ0) is 15.8. The van der Waals surface area contributed by atoms with Crippen LogP contribution in [-0.4, -0.2) is 22.0 Å². The molecule has 0 saturated carbocycles. The van der Waals surface area contributed by atoms with Crippen LogP contribution >= 0.6 is 0 Å². The van der Waals surface area contributed by atoms with E-state index in [-0.39, 0.29) is 0 Å². The van der Waals surface area contributed by atoms with Crippen LogP contribution in [0, 0.1) is 5.92 Å². The molecule has 0 aromatic heterocycles. The number of aliphatic hydroxyl groups is 1. The van der Waals surface area contributed by atoms with Crippen LogP contribution in [0.15, 0.2) is 29.8 Å². The number of aliphatic hydroxyl groups excluding tert-OH is 1. The Morgan fingerprint density at radius 1 is 1.29 bits per heavy atom. The standard InChI is InChI=1S/C17H20O4/c1-10(2)8-9-17(3)12-7-5-4-6-11(12)14(18)13(15(17)19)16(20)21/h4-7,10,18H,8-9H2,1-3H3,(H,20,21). The van der Waals surface area contributed by atoms with Gasteiger partial charge in [-0.15, -0.1) is 0 Å². The monoisotopic (exact) mass is 288 g/mol. The van der Waals surface area contributed by atoms with Gasteiger partial charge in [0.15, 0.2) is 5.78 Å². The van der Waals surface area contributed by atoms with Crippen LogP contribution in [0.4, 0.5) is 0 Å². The fraction of sp³-hybridized carbons (Fsp3) is 0.412. The van der Waals surface area contributed by atoms with Gasteiger partial charge < -0.3 is 10.2 Å². The number of ketones is 1. The Labute approximate surface area is 124 Å². The molecule has 0 aliphatic heterocycles. The van der Waals surface area contributed by atoms with E-state index in [0.29, 0.717) is 23.5 Å². The summed E-state index contributed by atoms with van der Waals surface area (Å²) in [5, 5.41) is 19.4. The first kappa shape index (κ1) is 15.3. The molecule has 112 valence electrons. The van der Waals surface area contributed by atoms with Crippen molar-refractivity contribution in [1.29, 1.82) is 0 Å². The first-order valence-electron chi connectivity index (χ1n) is 7.10. The smallest absolute Gasteiger partial charge is 0.343 e. The summed E-state index contributed by atoms with van der Waals surface area (Å²) in [6, 6.07) is 6.99. The summed E-state index contributed by atoms with van der Waals surface area (Å²) in [5.41, 5.74) is -0.250. The Morgan fingerprint density at radius 2 is 1.90 bits per heavy atom. The molecule has 4 nitrogen and oxygen atoms in total. The van der Waals surface area contributed by atoms with Crippen molar-refractivity contribution in [2.45, 2.75) is 39.0 Å². The van der Waals surface area contributed by atoms with E-state index in [1.807, 2.05) is 0 Å². The molecule has 1 aliphatic carbocycles. The number of fused-ring (bicyclic) bond motifs is 1. The highest BCUT2D eigenvalue weighted by atomic mass is 16.4. The van der Waals surface area contributed by atoms with Gasteiger partial charge in [0.1, 0.15) is 11.3 Å². The number of rotatable bonds is 4. The van der Waals surface area contributed by atoms with Gasteiger partial charge in [-0.3, -0.25) is 4.79 Å². The molecule has 21 heavy (non-hydrogen) atoms. The molecule has 4 heteroatoms. The van der Waals surface area contributed by atoms with Crippen LogP contribution in [0.1, 0.15) is 44.7 Å². The lowest BCUT2D eigenvalue weighted by molar-refractivity contribution is -0.135. The van der Waals surface area contributed by atoms with Gasteiger partial charge in [-0.1, -0.05) is 38.1 Å². The van der Waals surface area contributed by atoms with Crippen LogP contribution < -0.4 is 0 Å². The molecule has 1 aliphatic rings. The van der Waals surface area contributed by atoms with E-state index in [2.05, 4.69) is 13.8 Å². The molecule has 1 aromatic rings. The third kappa shape index (κ3) is 2.46. The predicted octanol–water partition coefficient (Wildman–Crippen LogP) is 3.32. The highest BCUT2D eigenvalue weighted by molar-refractivity contribution is 6.26. The summed E-state index contributed by atoms with van der Waals surface area (Å²) in [4.78, 5) is 24.0. The second-order valence-electron chi connectivity index (χ2n) is 6.17. The van der Waals surface area contributed by atoms with Crippen molar-refractivity contribution in [2.24, 2.45) is 5.92 Å². The first-order chi connectivity index (χ1) is 9.79. The van der Waals surface area contributed by atoms with E-state index in [9.17, 15) is 19.8 Å². The second kappa shape index (κ2) is 5.35. The predicted molar refractivity (Wildman–Crippen MR) is 80.1 cm³/mol. The van der Waals surface area contributed by atoms with Gasteiger partial charge >= 0.3 is 5.97 Å². The van der Waals surface area contributed by atoms with Crippen LogP contribution in [-0.2, 0) is 15.0 Å². The van der Waals surface area contributed by atoms with Crippen LogP contribution in [0.3, 0.4) is 0 Å². The Kier molecular flexibility index (Phi) is 3.90. The molecule has 2 N–H and O–H groups in total. The fourth-order valence-electron chi connectivity index (χ4n) is 2.84. The summed E-state index contributed by atoms with van der Waals surface area (Å²) in [5.74, 6) is -1.89. The van der Waals surface area contributed by atoms with Gasteiger partial charge in [-0.05, 0) is 31.2 Å². The van der Waals surface area contributed by atoms with Crippen LogP contribution in [0.25, 0.3) is 5.76 Å². The summed E-state index contributed by atoms with van der Waals surface area (Å²) in [6.45, 7) is 5.90. The van der Waals surface area contributed by atoms with E-state index < -0.39 is 28.5 Å². The van der Waals surface area contributed by atoms with Gasteiger partial charge in [0.05, 0.1) is 5.41 Å². The second-order valence-corrected chi connectivity index (χ2v) is 6.17. The van der Waals surface area contributed by atoms with Crippen LogP contribution in [0.2, 0.25) is 0 Å². The molecule has 0 heterocycles. The van der Waals surface area contributed by atoms with Gasteiger partial charge in [0, 0.05) is 5.56 Å². The van der Waals surface area contributed by atoms with Gasteiger partial charge in [-0.2, -0.15) is 0 Å². The van der Waals surface area contributed by atoms with Crippen molar-refractivity contribution in [3.8, 4) is 0 Å². The topological polar surface area (TPSA) is 74.6 Å². The van der Waals surface area contributed by atoms with E-state index in [1.54, 1.807) is 31.2 Å². The maximum absolute atomic E-state index is 12.7. The lowest BCUT2D eigenvalue weighted by Gasteiger charge is -2.35. The minimum Gasteiger partial charge on any atom is -0.506 e. The summed E-state index contributed by atoms with van der Waals surface area (Å²) in [6.07, 6.45) is 1.37. The molecule has 1 unspecified atom stereocenters. The van der Waals surface area contributed by atoms with E-state index in [0.717, 1.165) is 6.42 Å². The number of hydrogen-bond donors (Lipinski definition) is 2. The molecule has 0 radical (unpaired) electrons. The molecular formula is C17H20O4. The molecule has 0 spiro atoms. The third-order valence-corrected chi connectivity index (χ3v) is 4.18. The van der Waals surface area contributed by atoms with E-state index >= 15 is 0 Å². The third-order valence-electron chi connectivity index (χ3n) is 4.18. The zero-order valence-electron chi connectivity index (χ0n) is 12.5. The maximum Gasteiger partial charge on any atom is 0.343 e. The van der Waals surface area contributed by atoms with Crippen molar-refractivity contribution in [1.82, 2.24) is 0 Å². The average Bonchev–Trinajstić information content (AvgIpc) is 2.43. The first-order valence-corrected chi connectivity index (χ1v) is 7.10. The lowest BCUT2D eigenvalue weighted by atomic mass is 9.67. The Hall–Kier alpha value is -2.10. The number of carbonyl (C=O) groups excluding carboxylic acids is 1. The number of benzene rings is 1. The summed E-state index contributed by atoms with van der Waals surface area (Å²) in [7, 11) is 0. The van der Waals surface area contributed by atoms with Crippen molar-refractivity contribution < 1.29 is 19.8 Å². The Balaban J connectivity index is 2.63. The molecule has 2 rings (SSSR count). The maximum atomic E-state index is 12.7. The Morgan fingerprint density at radius 3 is 2.48 bits per heavy atom. The van der Waals surface area contributed by atoms with Crippen molar-refractivity contribution in [3.05, 3.63) is 41.0 Å². The molecule has 1 atom stereocenters. The van der Waals surface area contributed by atoms with Gasteiger partial charge in [-0.25, -0.2) is 4.79 Å². The SMILES string of the molecule is CC(C)CCC1(C)C(=O)C(C(=O)O)=C(O)c2ccccc21. The van der Waals surface area contributed by atoms with Crippen molar-refractivity contribution in [2.75, 3.05) is 0 Å². The Bertz CT molecular complexity index is 627. The van der Waals surface area contributed by atoms with Gasteiger partial charge in [0.2, 0.25) is 0 Å².